The molecule has 2 N–H and O–H groups in total. The molecule has 1 aromatic rings. The molecule has 0 heterocycles. The number of guanidine groups is 1. The van der Waals surface area contributed by atoms with Crippen LogP contribution in [0.1, 0.15) is 32.8 Å². The van der Waals surface area contributed by atoms with Crippen LogP contribution in [0.2, 0.25) is 0 Å². The van der Waals surface area contributed by atoms with Gasteiger partial charge in [0.25, 0.3) is 0 Å². The van der Waals surface area contributed by atoms with E-state index in [9.17, 15) is 0 Å². The van der Waals surface area contributed by atoms with Gasteiger partial charge in [-0.25, -0.2) is 0 Å². The number of rotatable bonds is 7. The maximum atomic E-state index is 5.85. The molecule has 0 aliphatic carbocycles. The molecule has 5 heteroatoms. The minimum atomic E-state index is 0. The average Bonchev–Trinajstić information content (AvgIpc) is 2.46. The zero-order valence-corrected chi connectivity index (χ0v) is 15.8. The van der Waals surface area contributed by atoms with Gasteiger partial charge in [-0.2, -0.15) is 0 Å². The van der Waals surface area contributed by atoms with Gasteiger partial charge in [0.15, 0.2) is 5.96 Å². The number of para-hydroxylation sites is 1. The molecule has 0 bridgehead atoms. The fourth-order valence-electron chi connectivity index (χ4n) is 1.69. The molecule has 0 spiro atoms. The van der Waals surface area contributed by atoms with Gasteiger partial charge in [-0.15, -0.1) is 24.0 Å². The van der Waals surface area contributed by atoms with Crippen molar-refractivity contribution in [1.82, 2.24) is 10.6 Å². The number of benzene rings is 1. The van der Waals surface area contributed by atoms with Crippen LogP contribution in [-0.2, 0) is 6.54 Å². The Kier molecular flexibility index (Phi) is 11.1. The van der Waals surface area contributed by atoms with Crippen molar-refractivity contribution in [3.05, 3.63) is 29.8 Å². The Balaban J connectivity index is 0.00000400. The van der Waals surface area contributed by atoms with E-state index in [1.807, 2.05) is 18.2 Å². The summed E-state index contributed by atoms with van der Waals surface area (Å²) in [6.07, 6.45) is 1.08. The zero-order chi connectivity index (χ0) is 14.8. The van der Waals surface area contributed by atoms with E-state index in [2.05, 4.69) is 42.5 Å². The van der Waals surface area contributed by atoms with Crippen LogP contribution in [-0.4, -0.2) is 26.2 Å². The van der Waals surface area contributed by atoms with Crippen LogP contribution in [0.15, 0.2) is 29.3 Å². The number of aliphatic imine (C=N–C) groups is 1. The largest absolute Gasteiger partial charge is 0.493 e. The predicted molar refractivity (Wildman–Crippen MR) is 101 cm³/mol. The quantitative estimate of drug-likeness (QED) is 0.415. The molecule has 1 rings (SSSR count). The standard InChI is InChI=1S/C16H27N3O.HI/c1-5-10-18-16(17-4)19-11-14-8-6-7-9-15(14)20-12-13(2)3;/h6-9,13H,5,10-12H2,1-4H3,(H2,17,18,19);1H. The number of nitrogens with one attached hydrogen (secondary N) is 2. The predicted octanol–water partition coefficient (Wildman–Crippen LogP) is 3.41. The average molecular weight is 405 g/mol. The van der Waals surface area contributed by atoms with Gasteiger partial charge in [0, 0.05) is 25.7 Å². The van der Waals surface area contributed by atoms with Crippen LogP contribution in [0.25, 0.3) is 0 Å². The fourth-order valence-corrected chi connectivity index (χ4v) is 1.69. The van der Waals surface area contributed by atoms with E-state index in [4.69, 9.17) is 4.74 Å². The van der Waals surface area contributed by atoms with E-state index in [1.165, 1.54) is 0 Å². The molecule has 0 saturated heterocycles. The first-order chi connectivity index (χ1) is 9.67. The Morgan fingerprint density at radius 2 is 1.95 bits per heavy atom. The molecule has 0 unspecified atom stereocenters. The Hall–Kier alpha value is -0.980. The number of nitrogens with zero attached hydrogens (tertiary/aromatic N) is 1. The first kappa shape index (κ1) is 20.0. The van der Waals surface area contributed by atoms with Crippen molar-refractivity contribution < 1.29 is 4.74 Å². The van der Waals surface area contributed by atoms with Crippen molar-refractivity contribution in [1.29, 1.82) is 0 Å². The summed E-state index contributed by atoms with van der Waals surface area (Å²) in [5, 5.41) is 6.56. The van der Waals surface area contributed by atoms with E-state index < -0.39 is 0 Å². The van der Waals surface area contributed by atoms with Gasteiger partial charge in [0.2, 0.25) is 0 Å². The van der Waals surface area contributed by atoms with Crippen LogP contribution in [0.5, 0.6) is 5.75 Å². The molecular formula is C16H28IN3O. The lowest BCUT2D eigenvalue weighted by Gasteiger charge is -2.15. The van der Waals surface area contributed by atoms with Gasteiger partial charge in [0.05, 0.1) is 6.61 Å². The van der Waals surface area contributed by atoms with Crippen LogP contribution in [0.4, 0.5) is 0 Å². The van der Waals surface area contributed by atoms with E-state index in [0.717, 1.165) is 36.8 Å². The summed E-state index contributed by atoms with van der Waals surface area (Å²) in [6.45, 7) is 8.80. The highest BCUT2D eigenvalue weighted by Gasteiger charge is 2.05. The summed E-state index contributed by atoms with van der Waals surface area (Å²) in [5.74, 6) is 2.29. The van der Waals surface area contributed by atoms with Crippen molar-refractivity contribution >= 4 is 29.9 Å². The number of ether oxygens (including phenoxy) is 1. The Labute approximate surface area is 145 Å². The van der Waals surface area contributed by atoms with E-state index >= 15 is 0 Å². The molecule has 120 valence electrons. The molecule has 1 aromatic carbocycles. The number of hydrogen-bond acceptors (Lipinski definition) is 2. The van der Waals surface area contributed by atoms with Gasteiger partial charge in [-0.05, 0) is 18.4 Å². The van der Waals surface area contributed by atoms with Gasteiger partial charge >= 0.3 is 0 Å². The van der Waals surface area contributed by atoms with Crippen molar-refractivity contribution in [3.8, 4) is 5.75 Å². The van der Waals surface area contributed by atoms with Crippen LogP contribution < -0.4 is 15.4 Å². The summed E-state index contributed by atoms with van der Waals surface area (Å²) in [6, 6.07) is 8.13. The number of hydrogen-bond donors (Lipinski definition) is 2. The van der Waals surface area contributed by atoms with Crippen molar-refractivity contribution in [2.75, 3.05) is 20.2 Å². The SMILES string of the molecule is CCCNC(=NC)NCc1ccccc1OCC(C)C.I. The van der Waals surface area contributed by atoms with E-state index in [1.54, 1.807) is 7.05 Å². The normalized spacial score (nSPS) is 11.0. The lowest BCUT2D eigenvalue weighted by atomic mass is 10.2. The van der Waals surface area contributed by atoms with E-state index in [0.29, 0.717) is 12.5 Å². The monoisotopic (exact) mass is 405 g/mol. The summed E-state index contributed by atoms with van der Waals surface area (Å²) >= 11 is 0. The first-order valence-electron chi connectivity index (χ1n) is 7.32. The highest BCUT2D eigenvalue weighted by Crippen LogP contribution is 2.18. The van der Waals surface area contributed by atoms with Gasteiger partial charge in [0.1, 0.15) is 5.75 Å². The first-order valence-corrected chi connectivity index (χ1v) is 7.32. The van der Waals surface area contributed by atoms with Crippen molar-refractivity contribution in [2.45, 2.75) is 33.7 Å². The minimum absolute atomic E-state index is 0. The molecular weight excluding hydrogens is 377 g/mol. The molecule has 0 amide bonds. The van der Waals surface area contributed by atoms with Gasteiger partial charge in [-0.1, -0.05) is 39.0 Å². The second kappa shape index (κ2) is 11.7. The van der Waals surface area contributed by atoms with Crippen molar-refractivity contribution in [3.63, 3.8) is 0 Å². The maximum Gasteiger partial charge on any atom is 0.191 e. The summed E-state index contributed by atoms with van der Waals surface area (Å²) < 4.78 is 5.85. The van der Waals surface area contributed by atoms with Gasteiger partial charge < -0.3 is 15.4 Å². The topological polar surface area (TPSA) is 45.7 Å². The molecule has 0 aliphatic rings. The van der Waals surface area contributed by atoms with E-state index in [-0.39, 0.29) is 24.0 Å². The second-order valence-corrected chi connectivity index (χ2v) is 5.17. The van der Waals surface area contributed by atoms with Crippen LogP contribution >= 0.6 is 24.0 Å². The highest BCUT2D eigenvalue weighted by molar-refractivity contribution is 14.0. The Bertz CT molecular complexity index is 422. The maximum absolute atomic E-state index is 5.85. The third kappa shape index (κ3) is 8.14. The van der Waals surface area contributed by atoms with Crippen molar-refractivity contribution in [2.24, 2.45) is 10.9 Å². The summed E-state index contributed by atoms with van der Waals surface area (Å²) in [4.78, 5) is 4.20. The van der Waals surface area contributed by atoms with Crippen LogP contribution in [0.3, 0.4) is 0 Å². The third-order valence-corrected chi connectivity index (χ3v) is 2.76. The lowest BCUT2D eigenvalue weighted by molar-refractivity contribution is 0.268. The van der Waals surface area contributed by atoms with Crippen LogP contribution in [0, 0.1) is 5.92 Å². The number of halogens is 1. The molecule has 21 heavy (non-hydrogen) atoms. The molecule has 0 atom stereocenters. The zero-order valence-electron chi connectivity index (χ0n) is 13.5. The third-order valence-electron chi connectivity index (χ3n) is 2.76. The molecule has 0 aliphatic heterocycles. The smallest absolute Gasteiger partial charge is 0.191 e. The summed E-state index contributed by atoms with van der Waals surface area (Å²) in [7, 11) is 1.78. The minimum Gasteiger partial charge on any atom is -0.493 e. The molecule has 0 aromatic heterocycles. The summed E-state index contributed by atoms with van der Waals surface area (Å²) in [5.41, 5.74) is 1.15. The molecule has 0 fully saturated rings. The fraction of sp³-hybridized carbons (Fsp3) is 0.562. The Morgan fingerprint density at radius 3 is 2.57 bits per heavy atom. The highest BCUT2D eigenvalue weighted by atomic mass is 127. The molecule has 0 radical (unpaired) electrons. The lowest BCUT2D eigenvalue weighted by Crippen LogP contribution is -2.37. The molecule has 4 nitrogen and oxygen atoms in total. The second-order valence-electron chi connectivity index (χ2n) is 5.17. The molecule has 0 saturated carbocycles. The Morgan fingerprint density at radius 1 is 1.24 bits per heavy atom. The van der Waals surface area contributed by atoms with Gasteiger partial charge in [-0.3, -0.25) is 4.99 Å².